The van der Waals surface area contributed by atoms with Crippen LogP contribution in [0.25, 0.3) is 0 Å². The minimum Gasteiger partial charge on any atom is -0.396 e. The predicted octanol–water partition coefficient (Wildman–Crippen LogP) is 2.42. The summed E-state index contributed by atoms with van der Waals surface area (Å²) in [5.74, 6) is 0.326. The van der Waals surface area contributed by atoms with Crippen molar-refractivity contribution in [3.63, 3.8) is 0 Å². The van der Waals surface area contributed by atoms with Crippen molar-refractivity contribution in [2.24, 2.45) is 7.05 Å². The van der Waals surface area contributed by atoms with E-state index in [-0.39, 0.29) is 20.6 Å². The van der Waals surface area contributed by atoms with E-state index in [1.54, 1.807) is 20.0 Å². The molecule has 0 aliphatic heterocycles. The zero-order valence-electron chi connectivity index (χ0n) is 10.7. The van der Waals surface area contributed by atoms with Crippen molar-refractivity contribution < 1.29 is 8.42 Å². The van der Waals surface area contributed by atoms with E-state index in [9.17, 15) is 8.42 Å². The van der Waals surface area contributed by atoms with E-state index in [2.05, 4.69) is 9.82 Å². The fourth-order valence-electron chi connectivity index (χ4n) is 1.66. The van der Waals surface area contributed by atoms with Crippen molar-refractivity contribution in [2.45, 2.75) is 11.8 Å². The first-order chi connectivity index (χ1) is 9.22. The molecule has 0 unspecified atom stereocenters. The van der Waals surface area contributed by atoms with Gasteiger partial charge in [-0.2, -0.15) is 5.10 Å². The van der Waals surface area contributed by atoms with Crippen LogP contribution in [0.4, 0.5) is 11.5 Å². The number of hydrogen-bond donors (Lipinski definition) is 2. The van der Waals surface area contributed by atoms with Crippen molar-refractivity contribution in [1.29, 1.82) is 0 Å². The molecule has 0 bridgehead atoms. The highest BCUT2D eigenvalue weighted by atomic mass is 35.5. The van der Waals surface area contributed by atoms with Crippen LogP contribution in [0.2, 0.25) is 10.0 Å². The van der Waals surface area contributed by atoms with Crippen molar-refractivity contribution in [3.05, 3.63) is 33.9 Å². The smallest absolute Gasteiger partial charge is 0.264 e. The lowest BCUT2D eigenvalue weighted by Gasteiger charge is -2.11. The molecule has 3 N–H and O–H groups in total. The second kappa shape index (κ2) is 5.16. The Hall–Kier alpha value is -1.44. The third-order valence-electron chi connectivity index (χ3n) is 2.62. The molecule has 0 saturated heterocycles. The molecule has 1 aromatic carbocycles. The highest BCUT2D eigenvalue weighted by Gasteiger charge is 2.22. The van der Waals surface area contributed by atoms with Crippen molar-refractivity contribution >= 4 is 44.7 Å². The van der Waals surface area contributed by atoms with Crippen LogP contribution in [-0.2, 0) is 17.1 Å². The zero-order chi connectivity index (χ0) is 15.1. The van der Waals surface area contributed by atoms with Gasteiger partial charge in [-0.3, -0.25) is 9.40 Å². The number of hydrogen-bond acceptors (Lipinski definition) is 4. The Bertz CT molecular complexity index is 771. The molecular weight excluding hydrogens is 323 g/mol. The average Bonchev–Trinajstić information content (AvgIpc) is 2.63. The van der Waals surface area contributed by atoms with E-state index in [0.29, 0.717) is 11.5 Å². The van der Waals surface area contributed by atoms with Gasteiger partial charge < -0.3 is 5.73 Å². The first kappa shape index (κ1) is 15.0. The maximum absolute atomic E-state index is 12.3. The molecule has 0 saturated carbocycles. The lowest BCUT2D eigenvalue weighted by molar-refractivity contribution is 0.600. The summed E-state index contributed by atoms with van der Waals surface area (Å²) in [7, 11) is -2.25. The summed E-state index contributed by atoms with van der Waals surface area (Å²) >= 11 is 11.7. The van der Waals surface area contributed by atoms with Gasteiger partial charge in [-0.1, -0.05) is 23.2 Å². The maximum Gasteiger partial charge on any atom is 0.264 e. The van der Waals surface area contributed by atoms with Crippen LogP contribution in [-0.4, -0.2) is 18.2 Å². The number of sulfonamides is 1. The summed E-state index contributed by atoms with van der Waals surface area (Å²) in [5, 5.41) is 4.15. The molecule has 108 valence electrons. The normalized spacial score (nSPS) is 11.6. The summed E-state index contributed by atoms with van der Waals surface area (Å²) in [6, 6.07) is 4.28. The van der Waals surface area contributed by atoms with Crippen LogP contribution < -0.4 is 10.5 Å². The maximum atomic E-state index is 12.3. The molecule has 1 heterocycles. The minimum atomic E-state index is -3.87. The Morgan fingerprint density at radius 3 is 2.55 bits per heavy atom. The molecule has 0 spiro atoms. The zero-order valence-corrected chi connectivity index (χ0v) is 13.0. The second-order valence-electron chi connectivity index (χ2n) is 4.17. The third-order valence-corrected chi connectivity index (χ3v) is 4.87. The Kier molecular flexibility index (Phi) is 3.86. The van der Waals surface area contributed by atoms with Gasteiger partial charge in [0.1, 0.15) is 10.7 Å². The monoisotopic (exact) mass is 334 g/mol. The molecule has 6 nitrogen and oxygen atoms in total. The van der Waals surface area contributed by atoms with Gasteiger partial charge in [0.25, 0.3) is 10.0 Å². The largest absolute Gasteiger partial charge is 0.396 e. The highest BCUT2D eigenvalue weighted by Crippen LogP contribution is 2.33. The lowest BCUT2D eigenvalue weighted by atomic mass is 10.3. The Morgan fingerprint density at radius 1 is 1.35 bits per heavy atom. The number of aryl methyl sites for hydroxylation is 2. The van der Waals surface area contributed by atoms with Crippen LogP contribution in [0.1, 0.15) is 5.69 Å². The molecule has 20 heavy (non-hydrogen) atoms. The summed E-state index contributed by atoms with van der Waals surface area (Å²) < 4.78 is 28.4. The Balaban J connectivity index is 2.46. The van der Waals surface area contributed by atoms with Crippen LogP contribution in [0, 0.1) is 6.92 Å². The van der Waals surface area contributed by atoms with E-state index in [1.807, 2.05) is 0 Å². The van der Waals surface area contributed by atoms with Crippen molar-refractivity contribution in [1.82, 2.24) is 9.78 Å². The molecule has 0 aliphatic carbocycles. The molecule has 0 radical (unpaired) electrons. The van der Waals surface area contributed by atoms with Gasteiger partial charge in [0.2, 0.25) is 0 Å². The van der Waals surface area contributed by atoms with Gasteiger partial charge in [0, 0.05) is 13.1 Å². The standard InChI is InChI=1S/C11H12Cl2N4O2S/c1-6-5-9(17(2)15-6)16-20(18,19)8-4-3-7(12)11(14)10(8)13/h3-5,16H,14H2,1-2H3. The van der Waals surface area contributed by atoms with E-state index >= 15 is 0 Å². The van der Waals surface area contributed by atoms with Crippen LogP contribution in [0.3, 0.4) is 0 Å². The summed E-state index contributed by atoms with van der Waals surface area (Å²) in [5.41, 5.74) is 6.35. The summed E-state index contributed by atoms with van der Waals surface area (Å²) in [6.45, 7) is 1.76. The molecule has 0 amide bonds. The molecular formula is C11H12Cl2N4O2S. The van der Waals surface area contributed by atoms with E-state index in [4.69, 9.17) is 28.9 Å². The summed E-state index contributed by atoms with van der Waals surface area (Å²) in [6.07, 6.45) is 0. The second-order valence-corrected chi connectivity index (χ2v) is 6.61. The third kappa shape index (κ3) is 2.70. The van der Waals surface area contributed by atoms with Gasteiger partial charge in [0.05, 0.1) is 21.4 Å². The van der Waals surface area contributed by atoms with E-state index in [0.717, 1.165) is 0 Å². The number of benzene rings is 1. The number of rotatable bonds is 3. The number of aromatic nitrogens is 2. The lowest BCUT2D eigenvalue weighted by Crippen LogP contribution is -2.16. The van der Waals surface area contributed by atoms with Gasteiger partial charge >= 0.3 is 0 Å². The number of nitrogens with one attached hydrogen (secondary N) is 1. The number of anilines is 2. The van der Waals surface area contributed by atoms with E-state index in [1.165, 1.54) is 16.8 Å². The molecule has 9 heteroatoms. The van der Waals surface area contributed by atoms with Gasteiger partial charge in [-0.15, -0.1) is 0 Å². The number of nitrogens with zero attached hydrogens (tertiary/aromatic N) is 2. The Labute approximate surface area is 126 Å². The first-order valence-electron chi connectivity index (χ1n) is 5.49. The van der Waals surface area contributed by atoms with E-state index < -0.39 is 10.0 Å². The Morgan fingerprint density at radius 2 is 2.00 bits per heavy atom. The fourth-order valence-corrected chi connectivity index (χ4v) is 3.50. The highest BCUT2D eigenvalue weighted by molar-refractivity contribution is 7.92. The number of nitrogen functional groups attached to an aromatic ring is 1. The van der Waals surface area contributed by atoms with Crippen LogP contribution in [0.5, 0.6) is 0 Å². The molecule has 2 aromatic rings. The predicted molar refractivity (Wildman–Crippen MR) is 79.6 cm³/mol. The average molecular weight is 335 g/mol. The van der Waals surface area contributed by atoms with Crippen LogP contribution >= 0.6 is 23.2 Å². The fraction of sp³-hybridized carbons (Fsp3) is 0.182. The molecule has 0 fully saturated rings. The quantitative estimate of drug-likeness (QED) is 0.843. The topological polar surface area (TPSA) is 90.0 Å². The summed E-state index contributed by atoms with van der Waals surface area (Å²) in [4.78, 5) is -0.139. The SMILES string of the molecule is Cc1cc(NS(=O)(=O)c2ccc(Cl)c(N)c2Cl)n(C)n1. The van der Waals surface area contributed by atoms with Gasteiger partial charge in [-0.25, -0.2) is 8.42 Å². The minimum absolute atomic E-state index is 0.0254. The van der Waals surface area contributed by atoms with Gasteiger partial charge in [0.15, 0.2) is 0 Å². The molecule has 0 atom stereocenters. The number of halogens is 2. The molecule has 0 aliphatic rings. The first-order valence-corrected chi connectivity index (χ1v) is 7.73. The van der Waals surface area contributed by atoms with Crippen molar-refractivity contribution in [3.8, 4) is 0 Å². The molecule has 1 aromatic heterocycles. The molecule has 2 rings (SSSR count). The number of nitrogens with two attached hydrogens (primary N) is 1. The van der Waals surface area contributed by atoms with Crippen LogP contribution in [0.15, 0.2) is 23.1 Å². The van der Waals surface area contributed by atoms with Crippen molar-refractivity contribution in [2.75, 3.05) is 10.5 Å². The van der Waals surface area contributed by atoms with Gasteiger partial charge in [-0.05, 0) is 19.1 Å².